The molecular formula is C12H8BrClO4S2. The number of carbonyl (C=O) groups is 1. The second-order valence-corrected chi connectivity index (χ2v) is 8.83. The Kier molecular flexibility index (Phi) is 4.53. The summed E-state index contributed by atoms with van der Waals surface area (Å²) in [5.74, 6) is -1.41. The Morgan fingerprint density at radius 3 is 2.55 bits per heavy atom. The zero-order valence-corrected chi connectivity index (χ0v) is 13.8. The van der Waals surface area contributed by atoms with Gasteiger partial charge in [0.05, 0.1) is 25.0 Å². The normalized spacial score (nSPS) is 11.5. The van der Waals surface area contributed by atoms with Crippen molar-refractivity contribution in [3.63, 3.8) is 0 Å². The van der Waals surface area contributed by atoms with E-state index >= 15 is 0 Å². The minimum atomic E-state index is -3.69. The third kappa shape index (κ3) is 3.41. The number of carboxylic acids is 1. The summed E-state index contributed by atoms with van der Waals surface area (Å²) in [7, 11) is -3.69. The van der Waals surface area contributed by atoms with Crippen LogP contribution in [-0.2, 0) is 15.6 Å². The zero-order chi connectivity index (χ0) is 14.9. The van der Waals surface area contributed by atoms with Gasteiger partial charge in [-0.3, -0.25) is 0 Å². The first-order valence-electron chi connectivity index (χ1n) is 5.29. The number of sulfone groups is 1. The second-order valence-electron chi connectivity index (χ2n) is 3.92. The standard InChI is InChI=1S/C12H8BrClO4S2/c13-11-4-2-8(19-11)6-20(17,18)10-5-7(12(15)16)1-3-9(10)14/h1-5H,6H2,(H,15,16). The number of rotatable bonds is 4. The van der Waals surface area contributed by atoms with E-state index in [0.29, 0.717) is 4.88 Å². The first kappa shape index (κ1) is 15.5. The van der Waals surface area contributed by atoms with Gasteiger partial charge in [0.15, 0.2) is 9.84 Å². The Hall–Kier alpha value is -0.890. The maximum absolute atomic E-state index is 12.3. The van der Waals surface area contributed by atoms with Crippen molar-refractivity contribution < 1.29 is 18.3 Å². The van der Waals surface area contributed by atoms with Gasteiger partial charge in [-0.05, 0) is 46.3 Å². The molecule has 1 aromatic heterocycles. The Morgan fingerprint density at radius 1 is 1.30 bits per heavy atom. The maximum atomic E-state index is 12.3. The van der Waals surface area contributed by atoms with Crippen molar-refractivity contribution in [3.8, 4) is 0 Å². The van der Waals surface area contributed by atoms with Gasteiger partial charge in [-0.2, -0.15) is 0 Å². The van der Waals surface area contributed by atoms with Crippen LogP contribution in [0.5, 0.6) is 0 Å². The van der Waals surface area contributed by atoms with E-state index in [1.54, 1.807) is 12.1 Å². The maximum Gasteiger partial charge on any atom is 0.335 e. The van der Waals surface area contributed by atoms with Crippen LogP contribution in [0, 0.1) is 0 Å². The van der Waals surface area contributed by atoms with Crippen LogP contribution in [0.1, 0.15) is 15.2 Å². The molecule has 0 saturated carbocycles. The van der Waals surface area contributed by atoms with Crippen molar-refractivity contribution in [1.82, 2.24) is 0 Å². The first-order chi connectivity index (χ1) is 9.29. The van der Waals surface area contributed by atoms with Crippen molar-refractivity contribution in [2.24, 2.45) is 0 Å². The van der Waals surface area contributed by atoms with Crippen LogP contribution < -0.4 is 0 Å². The van der Waals surface area contributed by atoms with E-state index in [1.165, 1.54) is 23.5 Å². The molecule has 0 unspecified atom stereocenters. The lowest BCUT2D eigenvalue weighted by atomic mass is 10.2. The van der Waals surface area contributed by atoms with E-state index in [1.807, 2.05) is 0 Å². The van der Waals surface area contributed by atoms with Crippen molar-refractivity contribution >= 4 is 54.7 Å². The minimum Gasteiger partial charge on any atom is -0.478 e. The minimum absolute atomic E-state index is 0.0191. The predicted molar refractivity (Wildman–Crippen MR) is 81.3 cm³/mol. The predicted octanol–water partition coefficient (Wildman–Crippen LogP) is 3.84. The van der Waals surface area contributed by atoms with Crippen molar-refractivity contribution in [3.05, 3.63) is 49.6 Å². The lowest BCUT2D eigenvalue weighted by molar-refractivity contribution is 0.0696. The molecule has 0 saturated heterocycles. The van der Waals surface area contributed by atoms with Crippen molar-refractivity contribution in [2.45, 2.75) is 10.6 Å². The molecule has 0 aliphatic carbocycles. The monoisotopic (exact) mass is 394 g/mol. The molecular weight excluding hydrogens is 388 g/mol. The molecule has 8 heteroatoms. The molecule has 0 amide bonds. The number of aromatic carboxylic acids is 1. The molecule has 0 aliphatic rings. The summed E-state index contributed by atoms with van der Waals surface area (Å²) in [6.07, 6.45) is 0. The lowest BCUT2D eigenvalue weighted by Crippen LogP contribution is -2.07. The van der Waals surface area contributed by atoms with Gasteiger partial charge in [-0.15, -0.1) is 11.3 Å². The van der Waals surface area contributed by atoms with Crippen LogP contribution in [0.15, 0.2) is 39.0 Å². The SMILES string of the molecule is O=C(O)c1ccc(Cl)c(S(=O)(=O)Cc2ccc(Br)s2)c1. The highest BCUT2D eigenvalue weighted by atomic mass is 79.9. The summed E-state index contributed by atoms with van der Waals surface area (Å²) in [6, 6.07) is 7.09. The summed E-state index contributed by atoms with van der Waals surface area (Å²) in [4.78, 5) is 11.4. The third-order valence-electron chi connectivity index (χ3n) is 2.47. The van der Waals surface area contributed by atoms with E-state index in [0.717, 1.165) is 9.85 Å². The van der Waals surface area contributed by atoms with Crippen molar-refractivity contribution in [1.29, 1.82) is 0 Å². The number of hydrogen-bond donors (Lipinski definition) is 1. The summed E-state index contributed by atoms with van der Waals surface area (Å²) in [6.45, 7) is 0. The van der Waals surface area contributed by atoms with Crippen LogP contribution in [0.3, 0.4) is 0 Å². The highest BCUT2D eigenvalue weighted by molar-refractivity contribution is 9.11. The third-order valence-corrected chi connectivity index (χ3v) is 6.42. The number of hydrogen-bond acceptors (Lipinski definition) is 4. The molecule has 1 heterocycles. The Labute approximate surface area is 133 Å². The van der Waals surface area contributed by atoms with Crippen LogP contribution in [-0.4, -0.2) is 19.5 Å². The fourth-order valence-electron chi connectivity index (χ4n) is 1.57. The van der Waals surface area contributed by atoms with Gasteiger partial charge in [0.2, 0.25) is 0 Å². The molecule has 0 bridgehead atoms. The van der Waals surface area contributed by atoms with E-state index in [2.05, 4.69) is 15.9 Å². The largest absolute Gasteiger partial charge is 0.478 e. The van der Waals surface area contributed by atoms with Gasteiger partial charge in [0, 0.05) is 4.88 Å². The average molecular weight is 396 g/mol. The summed E-state index contributed by atoms with van der Waals surface area (Å²) >= 11 is 10.4. The molecule has 0 fully saturated rings. The molecule has 1 aromatic carbocycles. The van der Waals surface area contributed by atoms with E-state index in [-0.39, 0.29) is 21.2 Å². The summed E-state index contributed by atoms with van der Waals surface area (Å²) < 4.78 is 25.5. The fraction of sp³-hybridized carbons (Fsp3) is 0.0833. The average Bonchev–Trinajstić information content (AvgIpc) is 2.73. The van der Waals surface area contributed by atoms with E-state index in [9.17, 15) is 13.2 Å². The molecule has 2 rings (SSSR count). The van der Waals surface area contributed by atoms with Gasteiger partial charge < -0.3 is 5.11 Å². The van der Waals surface area contributed by atoms with Crippen LogP contribution >= 0.6 is 38.9 Å². The van der Waals surface area contributed by atoms with Crippen LogP contribution in [0.25, 0.3) is 0 Å². The number of halogens is 2. The van der Waals surface area contributed by atoms with Gasteiger partial charge in [-0.25, -0.2) is 13.2 Å². The molecule has 4 nitrogen and oxygen atoms in total. The van der Waals surface area contributed by atoms with E-state index in [4.69, 9.17) is 16.7 Å². The first-order valence-corrected chi connectivity index (χ1v) is 8.93. The van der Waals surface area contributed by atoms with Gasteiger partial charge in [-0.1, -0.05) is 11.6 Å². The lowest BCUT2D eigenvalue weighted by Gasteiger charge is -2.06. The quantitative estimate of drug-likeness (QED) is 0.854. The number of thiophene rings is 1. The van der Waals surface area contributed by atoms with E-state index < -0.39 is 15.8 Å². The Bertz CT molecular complexity index is 768. The molecule has 2 aromatic rings. The Morgan fingerprint density at radius 2 is 2.00 bits per heavy atom. The van der Waals surface area contributed by atoms with Crippen LogP contribution in [0.2, 0.25) is 5.02 Å². The highest BCUT2D eigenvalue weighted by Gasteiger charge is 2.21. The van der Waals surface area contributed by atoms with Crippen LogP contribution in [0.4, 0.5) is 0 Å². The van der Waals surface area contributed by atoms with Gasteiger partial charge in [0.1, 0.15) is 0 Å². The topological polar surface area (TPSA) is 71.4 Å². The molecule has 0 radical (unpaired) electrons. The molecule has 1 N–H and O–H groups in total. The Balaban J connectivity index is 2.43. The second kappa shape index (κ2) is 5.85. The molecule has 0 spiro atoms. The fourth-order valence-corrected chi connectivity index (χ4v) is 5.32. The molecule has 20 heavy (non-hydrogen) atoms. The van der Waals surface area contributed by atoms with Gasteiger partial charge in [0.25, 0.3) is 0 Å². The summed E-state index contributed by atoms with van der Waals surface area (Å²) in [5, 5.41) is 8.94. The van der Waals surface area contributed by atoms with Gasteiger partial charge >= 0.3 is 5.97 Å². The molecule has 106 valence electrons. The smallest absolute Gasteiger partial charge is 0.335 e. The zero-order valence-electron chi connectivity index (χ0n) is 9.84. The van der Waals surface area contributed by atoms with Crippen molar-refractivity contribution in [2.75, 3.05) is 0 Å². The molecule has 0 aliphatic heterocycles. The summed E-state index contributed by atoms with van der Waals surface area (Å²) in [5.41, 5.74) is -0.111. The highest BCUT2D eigenvalue weighted by Crippen LogP contribution is 2.29. The number of benzene rings is 1. The number of carboxylic acid groups (broad SMARTS) is 1. The molecule has 0 atom stereocenters.